The number of hydrogen-bond donors (Lipinski definition) is 0. The van der Waals surface area contributed by atoms with E-state index in [1.54, 1.807) is 29.5 Å². The first-order valence-electron chi connectivity index (χ1n) is 4.74. The minimum absolute atomic E-state index is 0.113. The topological polar surface area (TPSA) is 39.2 Å². The maximum absolute atomic E-state index is 13.4. The van der Waals surface area contributed by atoms with Crippen molar-refractivity contribution in [1.82, 2.24) is 4.98 Å². The van der Waals surface area contributed by atoms with E-state index >= 15 is 0 Å². The second kappa shape index (κ2) is 6.18. The number of halogens is 4. The first-order valence-corrected chi connectivity index (χ1v) is 5.82. The van der Waals surface area contributed by atoms with Crippen LogP contribution in [0.25, 0.3) is 0 Å². The van der Waals surface area contributed by atoms with Crippen molar-refractivity contribution in [2.45, 2.75) is 19.8 Å². The van der Waals surface area contributed by atoms with Gasteiger partial charge in [0.25, 0.3) is 6.43 Å². The van der Waals surface area contributed by atoms with Gasteiger partial charge in [-0.25, -0.2) is 13.8 Å². The molecule has 7 heteroatoms. The Balaban J connectivity index is 3.08. The van der Waals surface area contributed by atoms with Gasteiger partial charge in [-0.1, -0.05) is 0 Å². The summed E-state index contributed by atoms with van der Waals surface area (Å²) < 4.78 is 43.5. The molecule has 17 heavy (non-hydrogen) atoms. The first-order chi connectivity index (χ1) is 7.95. The van der Waals surface area contributed by atoms with Gasteiger partial charge in [0.05, 0.1) is 13.0 Å². The summed E-state index contributed by atoms with van der Waals surface area (Å²) in [5, 5.41) is 0. The third-order valence-corrected chi connectivity index (χ3v) is 2.49. The van der Waals surface area contributed by atoms with Crippen LogP contribution >= 0.6 is 22.6 Å². The van der Waals surface area contributed by atoms with Crippen molar-refractivity contribution in [3.63, 3.8) is 0 Å². The van der Waals surface area contributed by atoms with Gasteiger partial charge in [-0.05, 0) is 35.6 Å². The second-order valence-electron chi connectivity index (χ2n) is 3.09. The number of hydrogen-bond acceptors (Lipinski definition) is 3. The van der Waals surface area contributed by atoms with E-state index in [0.29, 0.717) is 0 Å². The largest absolute Gasteiger partial charge is 0.466 e. The van der Waals surface area contributed by atoms with Gasteiger partial charge in [0.1, 0.15) is 3.70 Å². The highest BCUT2D eigenvalue weighted by molar-refractivity contribution is 14.1. The van der Waals surface area contributed by atoms with E-state index in [2.05, 4.69) is 9.72 Å². The second-order valence-corrected chi connectivity index (χ2v) is 4.19. The number of rotatable bonds is 4. The maximum atomic E-state index is 13.4. The quantitative estimate of drug-likeness (QED) is 0.472. The van der Waals surface area contributed by atoms with Crippen molar-refractivity contribution in [2.75, 3.05) is 6.61 Å². The minimum atomic E-state index is -2.86. The van der Waals surface area contributed by atoms with Gasteiger partial charge < -0.3 is 4.74 Å². The van der Waals surface area contributed by atoms with Crippen LogP contribution in [0.2, 0.25) is 0 Å². The first kappa shape index (κ1) is 14.2. The SMILES string of the molecule is CCOC(=O)Cc1c(C(F)F)cc(I)nc1F. The van der Waals surface area contributed by atoms with Crippen LogP contribution in [0.5, 0.6) is 0 Å². The number of aromatic nitrogens is 1. The zero-order valence-corrected chi connectivity index (χ0v) is 11.0. The molecule has 0 N–H and O–H groups in total. The van der Waals surface area contributed by atoms with E-state index in [1.807, 2.05) is 0 Å². The molecule has 94 valence electrons. The molecule has 0 aliphatic heterocycles. The molecule has 3 nitrogen and oxygen atoms in total. The molecule has 0 saturated carbocycles. The third-order valence-electron chi connectivity index (χ3n) is 1.94. The molecular weight excluding hydrogens is 350 g/mol. The predicted octanol–water partition coefficient (Wildman–Crippen LogP) is 2.87. The van der Waals surface area contributed by atoms with Crippen molar-refractivity contribution in [3.8, 4) is 0 Å². The monoisotopic (exact) mass is 359 g/mol. The highest BCUT2D eigenvalue weighted by atomic mass is 127. The lowest BCUT2D eigenvalue weighted by Gasteiger charge is -2.09. The Morgan fingerprint density at radius 1 is 1.59 bits per heavy atom. The molecule has 0 unspecified atom stereocenters. The number of carbonyl (C=O) groups excluding carboxylic acids is 1. The molecule has 0 amide bonds. The van der Waals surface area contributed by atoms with Crippen LogP contribution < -0.4 is 0 Å². The summed E-state index contributed by atoms with van der Waals surface area (Å²) in [6.07, 6.45) is -3.39. The molecule has 1 rings (SSSR count). The summed E-state index contributed by atoms with van der Waals surface area (Å²) in [6.45, 7) is 1.69. The average Bonchev–Trinajstić information content (AvgIpc) is 2.21. The van der Waals surface area contributed by atoms with Crippen LogP contribution in [-0.2, 0) is 16.0 Å². The van der Waals surface area contributed by atoms with Crippen molar-refractivity contribution < 1.29 is 22.7 Å². The number of ether oxygens (including phenoxy) is 1. The van der Waals surface area contributed by atoms with Crippen molar-refractivity contribution in [2.24, 2.45) is 0 Å². The average molecular weight is 359 g/mol. The molecule has 0 radical (unpaired) electrons. The normalized spacial score (nSPS) is 10.7. The number of pyridine rings is 1. The molecule has 0 aliphatic carbocycles. The zero-order chi connectivity index (χ0) is 13.0. The van der Waals surface area contributed by atoms with E-state index in [4.69, 9.17) is 0 Å². The van der Waals surface area contributed by atoms with Crippen LogP contribution in [0.15, 0.2) is 6.07 Å². The summed E-state index contributed by atoms with van der Waals surface area (Å²) in [4.78, 5) is 14.6. The smallest absolute Gasteiger partial charge is 0.310 e. The Bertz CT molecular complexity index is 426. The van der Waals surface area contributed by atoms with Gasteiger partial charge in [-0.3, -0.25) is 4.79 Å². The highest BCUT2D eigenvalue weighted by Crippen LogP contribution is 2.26. The molecule has 1 aromatic heterocycles. The van der Waals surface area contributed by atoms with Gasteiger partial charge in [-0.15, -0.1) is 0 Å². The molecule has 0 fully saturated rings. The number of alkyl halides is 2. The maximum Gasteiger partial charge on any atom is 0.310 e. The lowest BCUT2D eigenvalue weighted by molar-refractivity contribution is -0.142. The fourth-order valence-electron chi connectivity index (χ4n) is 1.25. The van der Waals surface area contributed by atoms with E-state index in [9.17, 15) is 18.0 Å². The zero-order valence-electron chi connectivity index (χ0n) is 8.84. The Morgan fingerprint density at radius 3 is 2.76 bits per heavy atom. The van der Waals surface area contributed by atoms with E-state index in [0.717, 1.165) is 6.07 Å². The van der Waals surface area contributed by atoms with E-state index in [1.165, 1.54) is 0 Å². The lowest BCUT2D eigenvalue weighted by atomic mass is 10.1. The molecule has 0 bridgehead atoms. The van der Waals surface area contributed by atoms with Crippen LogP contribution in [0.1, 0.15) is 24.5 Å². The van der Waals surface area contributed by atoms with Crippen molar-refractivity contribution in [3.05, 3.63) is 26.8 Å². The Labute approximate surface area is 110 Å². The van der Waals surface area contributed by atoms with Crippen LogP contribution in [0, 0.1) is 9.65 Å². The molecular formula is C10H9F3INO2. The van der Waals surface area contributed by atoms with Gasteiger partial charge in [0, 0.05) is 11.1 Å². The molecule has 1 aromatic rings. The molecule has 0 aromatic carbocycles. The lowest BCUT2D eigenvalue weighted by Crippen LogP contribution is -2.12. The minimum Gasteiger partial charge on any atom is -0.466 e. The van der Waals surface area contributed by atoms with Gasteiger partial charge in [-0.2, -0.15) is 4.39 Å². The number of esters is 1. The van der Waals surface area contributed by atoms with Gasteiger partial charge in [0.2, 0.25) is 5.95 Å². The molecule has 0 saturated heterocycles. The van der Waals surface area contributed by atoms with E-state index < -0.39 is 35.9 Å². The molecule has 0 aliphatic rings. The van der Waals surface area contributed by atoms with Crippen molar-refractivity contribution in [1.29, 1.82) is 0 Å². The predicted molar refractivity (Wildman–Crippen MR) is 62.2 cm³/mol. The summed E-state index contributed by atoms with van der Waals surface area (Å²) >= 11 is 1.63. The van der Waals surface area contributed by atoms with Crippen molar-refractivity contribution >= 4 is 28.6 Å². The number of carbonyl (C=O) groups is 1. The van der Waals surface area contributed by atoms with Crippen LogP contribution in [0.3, 0.4) is 0 Å². The van der Waals surface area contributed by atoms with Crippen LogP contribution in [0.4, 0.5) is 13.2 Å². The highest BCUT2D eigenvalue weighted by Gasteiger charge is 2.21. The summed E-state index contributed by atoms with van der Waals surface area (Å²) in [5.74, 6) is -1.81. The standard InChI is InChI=1S/C10H9F3INO2/c1-2-17-8(16)4-6-5(9(11)12)3-7(14)15-10(6)13/h3,9H,2,4H2,1H3. The fourth-order valence-corrected chi connectivity index (χ4v) is 1.80. The van der Waals surface area contributed by atoms with E-state index in [-0.39, 0.29) is 10.3 Å². The molecule has 1 heterocycles. The summed E-state index contributed by atoms with van der Waals surface area (Å²) in [5.41, 5.74) is -0.922. The molecule has 0 atom stereocenters. The summed E-state index contributed by atoms with van der Waals surface area (Å²) in [7, 11) is 0. The Morgan fingerprint density at radius 2 is 2.24 bits per heavy atom. The van der Waals surface area contributed by atoms with Gasteiger partial charge >= 0.3 is 5.97 Å². The fraction of sp³-hybridized carbons (Fsp3) is 0.400. The number of nitrogens with zero attached hydrogens (tertiary/aromatic N) is 1. The molecule has 0 spiro atoms. The van der Waals surface area contributed by atoms with Gasteiger partial charge in [0.15, 0.2) is 0 Å². The summed E-state index contributed by atoms with van der Waals surface area (Å²) in [6, 6.07) is 1.06. The third kappa shape index (κ3) is 3.83. The Kier molecular flexibility index (Phi) is 5.16. The Hall–Kier alpha value is -0.860. The van der Waals surface area contributed by atoms with Crippen LogP contribution in [-0.4, -0.2) is 17.6 Å².